The van der Waals surface area contributed by atoms with Gasteiger partial charge in [0.05, 0.1) is 0 Å². The van der Waals surface area contributed by atoms with E-state index in [1.807, 2.05) is 18.2 Å². The van der Waals surface area contributed by atoms with Crippen LogP contribution in [-0.2, 0) is 24.0 Å². The zero-order chi connectivity index (χ0) is 13.8. The van der Waals surface area contributed by atoms with Crippen molar-refractivity contribution >= 4 is 31.9 Å². The van der Waals surface area contributed by atoms with Crippen molar-refractivity contribution in [3.8, 4) is 0 Å². The quantitative estimate of drug-likeness (QED) is 0.445. The number of carbonyl (C=O) groups excluding carboxylic acids is 1. The number of nitrogens with zero attached hydrogens (tertiary/aromatic N) is 2. The number of carbonyl (C=O) groups is 1. The molecular weight excluding hydrogens is 335 g/mol. The molecule has 3 aromatic rings. The molecule has 0 N–H and O–H groups in total. The van der Waals surface area contributed by atoms with Crippen LogP contribution in [0.4, 0.5) is 0 Å². The molecular formula is C14H10N2O2Pd. The molecule has 4 nitrogen and oxygen atoms in total. The van der Waals surface area contributed by atoms with Gasteiger partial charge < -0.3 is 9.90 Å². The van der Waals surface area contributed by atoms with Crippen molar-refractivity contribution in [2.24, 2.45) is 0 Å². The third-order valence-corrected chi connectivity index (χ3v) is 2.81. The van der Waals surface area contributed by atoms with E-state index in [0.717, 1.165) is 32.9 Å². The average Bonchev–Trinajstić information content (AvgIpc) is 2.38. The molecule has 19 heavy (non-hydrogen) atoms. The summed E-state index contributed by atoms with van der Waals surface area (Å²) in [6, 6.07) is 12.1. The van der Waals surface area contributed by atoms with Crippen LogP contribution >= 0.6 is 0 Å². The SMILES string of the molecule is CC(=O)[O-].[Pd+][c]1ccc2ccc3cccnc3c2n1. The first kappa shape index (κ1) is 13.6. The predicted octanol–water partition coefficient (Wildman–Crippen LogP) is 0.711. The molecule has 0 fully saturated rings. The van der Waals surface area contributed by atoms with E-state index < -0.39 is 5.97 Å². The molecule has 5 heteroatoms. The Kier molecular flexibility index (Phi) is 4.21. The second-order valence-corrected chi connectivity index (χ2v) is 4.60. The molecule has 0 radical (unpaired) electrons. The van der Waals surface area contributed by atoms with Gasteiger partial charge in [-0.25, -0.2) is 0 Å². The molecule has 0 aliphatic heterocycles. The number of hydrogen-bond donors (Lipinski definition) is 0. The molecule has 2 heterocycles. The minimum absolute atomic E-state index is 0.878. The molecule has 0 spiro atoms. The van der Waals surface area contributed by atoms with E-state index in [9.17, 15) is 0 Å². The first-order valence-corrected chi connectivity index (χ1v) is 6.30. The van der Waals surface area contributed by atoms with E-state index in [4.69, 9.17) is 9.90 Å². The van der Waals surface area contributed by atoms with Gasteiger partial charge in [0.15, 0.2) is 0 Å². The fourth-order valence-corrected chi connectivity index (χ4v) is 1.99. The molecule has 0 aliphatic rings. The van der Waals surface area contributed by atoms with Crippen molar-refractivity contribution in [2.75, 3.05) is 0 Å². The van der Waals surface area contributed by atoms with Crippen molar-refractivity contribution < 1.29 is 29.1 Å². The van der Waals surface area contributed by atoms with E-state index in [2.05, 4.69) is 47.4 Å². The fourth-order valence-electron chi connectivity index (χ4n) is 1.69. The van der Waals surface area contributed by atoms with Crippen molar-refractivity contribution in [3.63, 3.8) is 0 Å². The van der Waals surface area contributed by atoms with E-state index in [-0.39, 0.29) is 0 Å². The second kappa shape index (κ2) is 5.88. The number of rotatable bonds is 0. The maximum atomic E-state index is 8.89. The number of carboxylic acids is 1. The molecule has 0 atom stereocenters. The minimum atomic E-state index is -1.08. The summed E-state index contributed by atoms with van der Waals surface area (Å²) >= 11 is 3.10. The summed E-state index contributed by atoms with van der Waals surface area (Å²) in [6.45, 7) is 0.972. The van der Waals surface area contributed by atoms with Crippen molar-refractivity contribution in [3.05, 3.63) is 42.6 Å². The maximum absolute atomic E-state index is 8.89. The van der Waals surface area contributed by atoms with Gasteiger partial charge in [-0.1, -0.05) is 0 Å². The van der Waals surface area contributed by atoms with Crippen LogP contribution in [0, 0.1) is 0 Å². The Morgan fingerprint density at radius 1 is 1.11 bits per heavy atom. The number of fused-ring (bicyclic) bond motifs is 3. The van der Waals surface area contributed by atoms with Crippen LogP contribution in [0.3, 0.4) is 0 Å². The van der Waals surface area contributed by atoms with Crippen LogP contribution in [0.1, 0.15) is 6.92 Å². The molecule has 0 saturated carbocycles. The Bertz CT molecular complexity index is 740. The van der Waals surface area contributed by atoms with Crippen LogP contribution in [0.2, 0.25) is 0 Å². The summed E-state index contributed by atoms with van der Waals surface area (Å²) in [5.74, 6) is -1.08. The number of benzene rings is 1. The molecule has 0 unspecified atom stereocenters. The first-order chi connectivity index (χ1) is 9.08. The molecule has 0 saturated heterocycles. The zero-order valence-electron chi connectivity index (χ0n) is 10.1. The monoisotopic (exact) mass is 344 g/mol. The van der Waals surface area contributed by atoms with Gasteiger partial charge >= 0.3 is 97.7 Å². The van der Waals surface area contributed by atoms with Crippen LogP contribution in [0.15, 0.2) is 42.6 Å². The normalized spacial score (nSPS) is 10.1. The van der Waals surface area contributed by atoms with Gasteiger partial charge in [-0.3, -0.25) is 0 Å². The van der Waals surface area contributed by atoms with Gasteiger partial charge in [-0.15, -0.1) is 0 Å². The summed E-state index contributed by atoms with van der Waals surface area (Å²) in [5, 5.41) is 11.1. The van der Waals surface area contributed by atoms with E-state index in [0.29, 0.717) is 0 Å². The number of hydrogen-bond acceptors (Lipinski definition) is 4. The third kappa shape index (κ3) is 3.34. The van der Waals surface area contributed by atoms with Crippen molar-refractivity contribution in [1.82, 2.24) is 9.97 Å². The van der Waals surface area contributed by atoms with E-state index >= 15 is 0 Å². The zero-order valence-corrected chi connectivity index (χ0v) is 11.6. The summed E-state index contributed by atoms with van der Waals surface area (Å²) in [7, 11) is 0. The van der Waals surface area contributed by atoms with Crippen LogP contribution in [0.5, 0.6) is 0 Å². The van der Waals surface area contributed by atoms with Gasteiger partial charge in [0, 0.05) is 5.97 Å². The van der Waals surface area contributed by atoms with Crippen LogP contribution in [0.25, 0.3) is 21.8 Å². The number of pyridine rings is 2. The van der Waals surface area contributed by atoms with Gasteiger partial charge in [0.1, 0.15) is 0 Å². The summed E-state index contributed by atoms with van der Waals surface area (Å²) in [5.41, 5.74) is 1.92. The van der Waals surface area contributed by atoms with Crippen LogP contribution < -0.4 is 9.27 Å². The summed E-state index contributed by atoms with van der Waals surface area (Å²) < 4.78 is 0.878. The number of carboxylic acid groups (broad SMARTS) is 1. The second-order valence-electron chi connectivity index (χ2n) is 3.81. The van der Waals surface area contributed by atoms with Crippen molar-refractivity contribution in [2.45, 2.75) is 6.92 Å². The number of aliphatic carboxylic acids is 1. The van der Waals surface area contributed by atoms with E-state index in [1.54, 1.807) is 6.20 Å². The Labute approximate surface area is 120 Å². The molecule has 0 bridgehead atoms. The Morgan fingerprint density at radius 2 is 1.68 bits per heavy atom. The molecule has 1 aromatic carbocycles. The van der Waals surface area contributed by atoms with Crippen LogP contribution in [-0.4, -0.2) is 15.9 Å². The Morgan fingerprint density at radius 3 is 2.37 bits per heavy atom. The van der Waals surface area contributed by atoms with Gasteiger partial charge in [0.2, 0.25) is 0 Å². The molecule has 0 aliphatic carbocycles. The standard InChI is InChI=1S/C12H7N2.C2H4O2.Pd/c1-3-9-5-6-10-4-2-8-14-12(10)11(9)13-7-1;1-2(3)4;/h1-7H;1H3,(H,3,4);/q;;+1/p-1. The van der Waals surface area contributed by atoms with Gasteiger partial charge in [-0.05, 0) is 6.92 Å². The summed E-state index contributed by atoms with van der Waals surface area (Å²) in [4.78, 5) is 17.7. The molecule has 2 aromatic heterocycles. The van der Waals surface area contributed by atoms with E-state index in [1.165, 1.54) is 0 Å². The Hall–Kier alpha value is -1.83. The first-order valence-electron chi connectivity index (χ1n) is 5.52. The third-order valence-electron chi connectivity index (χ3n) is 2.38. The average molecular weight is 345 g/mol. The van der Waals surface area contributed by atoms with Gasteiger partial charge in [-0.2, -0.15) is 0 Å². The van der Waals surface area contributed by atoms with Crippen molar-refractivity contribution in [1.29, 1.82) is 0 Å². The summed E-state index contributed by atoms with van der Waals surface area (Å²) in [6.07, 6.45) is 1.80. The Balaban J connectivity index is 0.000000297. The topological polar surface area (TPSA) is 65.9 Å². The molecule has 0 amide bonds. The number of aromatic nitrogens is 2. The fraction of sp³-hybridized carbons (Fsp3) is 0.0714. The molecule has 3 rings (SSSR count). The molecule has 98 valence electrons. The predicted molar refractivity (Wildman–Crippen MR) is 67.4 cm³/mol. The van der Waals surface area contributed by atoms with Gasteiger partial charge in [0.25, 0.3) is 0 Å².